The summed E-state index contributed by atoms with van der Waals surface area (Å²) in [5.41, 5.74) is 0.892. The van der Waals surface area contributed by atoms with Crippen LogP contribution in [0.15, 0.2) is 28.2 Å². The van der Waals surface area contributed by atoms with Gasteiger partial charge in [0.15, 0.2) is 0 Å². The van der Waals surface area contributed by atoms with Crippen LogP contribution in [0.1, 0.15) is 29.5 Å². The van der Waals surface area contributed by atoms with Gasteiger partial charge < -0.3 is 10.0 Å². The Hall–Kier alpha value is -0.690. The first-order valence-corrected chi connectivity index (χ1v) is 8.81. The molecule has 1 unspecified atom stereocenters. The fraction of sp³-hybridized carbons (Fsp3) is 0.533. The van der Waals surface area contributed by atoms with Crippen molar-refractivity contribution in [1.82, 2.24) is 14.7 Å². The van der Waals surface area contributed by atoms with Crippen molar-refractivity contribution in [2.45, 2.75) is 31.9 Å². The molecule has 2 heterocycles. The molecule has 0 aliphatic carbocycles. The lowest BCUT2D eigenvalue weighted by Crippen LogP contribution is -2.21. The van der Waals surface area contributed by atoms with Gasteiger partial charge in [0.25, 0.3) is 0 Å². The van der Waals surface area contributed by atoms with Gasteiger partial charge in [0, 0.05) is 11.4 Å². The Morgan fingerprint density at radius 2 is 2.29 bits per heavy atom. The first-order chi connectivity index (χ1) is 10.1. The van der Waals surface area contributed by atoms with E-state index in [4.69, 9.17) is 0 Å². The molecule has 116 valence electrons. The highest BCUT2D eigenvalue weighted by atomic mass is 79.9. The molecule has 0 radical (unpaired) electrons. The molecule has 2 aromatic rings. The van der Waals surface area contributed by atoms with Crippen LogP contribution in [0.3, 0.4) is 0 Å². The number of hydrogen-bond acceptors (Lipinski definition) is 4. The average molecular weight is 372 g/mol. The van der Waals surface area contributed by atoms with Crippen LogP contribution in [0.25, 0.3) is 0 Å². The van der Waals surface area contributed by atoms with Crippen LogP contribution in [0.5, 0.6) is 0 Å². The third kappa shape index (κ3) is 4.92. The molecule has 0 saturated carbocycles. The van der Waals surface area contributed by atoms with Crippen molar-refractivity contribution in [3.05, 3.63) is 38.8 Å². The molecule has 1 N–H and O–H groups in total. The molecule has 0 aliphatic rings. The van der Waals surface area contributed by atoms with Gasteiger partial charge in [0.05, 0.1) is 29.0 Å². The van der Waals surface area contributed by atoms with Crippen molar-refractivity contribution in [3.8, 4) is 0 Å². The molecule has 1 atom stereocenters. The lowest BCUT2D eigenvalue weighted by atomic mass is 10.1. The summed E-state index contributed by atoms with van der Waals surface area (Å²) >= 11 is 5.28. The Morgan fingerprint density at radius 3 is 2.95 bits per heavy atom. The van der Waals surface area contributed by atoms with Gasteiger partial charge in [-0.2, -0.15) is 5.10 Å². The number of thiophene rings is 1. The SMILES string of the molecule is CN(C)CCn1ncc(Br)c1C(O)CCCc1cccs1. The van der Waals surface area contributed by atoms with E-state index in [0.29, 0.717) is 0 Å². The van der Waals surface area contributed by atoms with E-state index in [1.807, 2.05) is 18.8 Å². The van der Waals surface area contributed by atoms with E-state index < -0.39 is 6.10 Å². The minimum absolute atomic E-state index is 0.469. The van der Waals surface area contributed by atoms with Crippen molar-refractivity contribution in [2.75, 3.05) is 20.6 Å². The van der Waals surface area contributed by atoms with Gasteiger partial charge in [-0.05, 0) is 60.7 Å². The van der Waals surface area contributed by atoms with Gasteiger partial charge in [-0.1, -0.05) is 6.07 Å². The molecule has 0 spiro atoms. The van der Waals surface area contributed by atoms with E-state index in [2.05, 4.69) is 43.4 Å². The maximum Gasteiger partial charge on any atom is 0.0968 e. The fourth-order valence-electron chi connectivity index (χ4n) is 2.24. The van der Waals surface area contributed by atoms with Crippen molar-refractivity contribution in [1.29, 1.82) is 0 Å². The Balaban J connectivity index is 1.91. The third-order valence-corrected chi connectivity index (χ3v) is 4.94. The highest BCUT2D eigenvalue weighted by Gasteiger charge is 2.17. The predicted octanol–water partition coefficient (Wildman–Crippen LogP) is 3.33. The van der Waals surface area contributed by atoms with Crippen molar-refractivity contribution in [3.63, 3.8) is 0 Å². The summed E-state index contributed by atoms with van der Waals surface area (Å²) < 4.78 is 2.80. The van der Waals surface area contributed by atoms with E-state index in [-0.39, 0.29) is 0 Å². The van der Waals surface area contributed by atoms with Crippen molar-refractivity contribution < 1.29 is 5.11 Å². The minimum atomic E-state index is -0.469. The second kappa shape index (κ2) is 8.08. The molecule has 0 bridgehead atoms. The number of hydrogen-bond donors (Lipinski definition) is 1. The van der Waals surface area contributed by atoms with Gasteiger partial charge in [-0.15, -0.1) is 11.3 Å². The molecule has 6 heteroatoms. The number of aliphatic hydroxyl groups excluding tert-OH is 1. The maximum absolute atomic E-state index is 10.5. The first kappa shape index (κ1) is 16.7. The van der Waals surface area contributed by atoms with Gasteiger partial charge in [0.1, 0.15) is 0 Å². The Bertz CT molecular complexity index is 539. The monoisotopic (exact) mass is 371 g/mol. The number of rotatable bonds is 8. The molecule has 2 aromatic heterocycles. The maximum atomic E-state index is 10.5. The molecule has 2 rings (SSSR count). The Labute approximate surface area is 138 Å². The van der Waals surface area contributed by atoms with E-state index in [9.17, 15) is 5.11 Å². The second-order valence-corrected chi connectivity index (χ2v) is 7.28. The number of aromatic nitrogens is 2. The molecule has 4 nitrogen and oxygen atoms in total. The van der Waals surface area contributed by atoms with Crippen LogP contribution in [-0.2, 0) is 13.0 Å². The first-order valence-electron chi connectivity index (χ1n) is 7.14. The van der Waals surface area contributed by atoms with E-state index >= 15 is 0 Å². The van der Waals surface area contributed by atoms with Gasteiger partial charge in [-0.25, -0.2) is 0 Å². The standard InChI is InChI=1S/C15H22BrN3OS/c1-18(2)8-9-19-15(13(16)11-17-19)14(20)7-3-5-12-6-4-10-21-12/h4,6,10-11,14,20H,3,5,7-9H2,1-2H3. The molecule has 0 amide bonds. The summed E-state index contributed by atoms with van der Waals surface area (Å²) in [7, 11) is 4.07. The summed E-state index contributed by atoms with van der Waals surface area (Å²) in [6.45, 7) is 1.69. The van der Waals surface area contributed by atoms with Crippen molar-refractivity contribution in [2.24, 2.45) is 0 Å². The number of nitrogens with zero attached hydrogens (tertiary/aromatic N) is 3. The third-order valence-electron chi connectivity index (χ3n) is 3.39. The van der Waals surface area contributed by atoms with Gasteiger partial charge in [-0.3, -0.25) is 4.68 Å². The van der Waals surface area contributed by atoms with Crippen LogP contribution >= 0.6 is 27.3 Å². The lowest BCUT2D eigenvalue weighted by Gasteiger charge is -2.16. The van der Waals surface area contributed by atoms with E-state index in [1.165, 1.54) is 4.88 Å². The van der Waals surface area contributed by atoms with Crippen molar-refractivity contribution >= 4 is 27.3 Å². The van der Waals surface area contributed by atoms with Gasteiger partial charge >= 0.3 is 0 Å². The molecule has 0 aliphatic heterocycles. The minimum Gasteiger partial charge on any atom is -0.387 e. The molecule has 21 heavy (non-hydrogen) atoms. The van der Waals surface area contributed by atoms with E-state index in [0.717, 1.165) is 42.5 Å². The molecular formula is C15H22BrN3OS. The van der Waals surface area contributed by atoms with Gasteiger partial charge in [0.2, 0.25) is 0 Å². The summed E-state index contributed by atoms with van der Waals surface area (Å²) in [4.78, 5) is 3.49. The Morgan fingerprint density at radius 1 is 1.48 bits per heavy atom. The number of aryl methyl sites for hydroxylation is 1. The summed E-state index contributed by atoms with van der Waals surface area (Å²) in [6.07, 6.45) is 4.06. The average Bonchev–Trinajstić information content (AvgIpc) is 3.06. The largest absolute Gasteiger partial charge is 0.387 e. The Kier molecular flexibility index (Phi) is 6.41. The fourth-order valence-corrected chi connectivity index (χ4v) is 3.55. The van der Waals surface area contributed by atoms with Crippen LogP contribution in [0.4, 0.5) is 0 Å². The zero-order valence-electron chi connectivity index (χ0n) is 12.5. The molecular weight excluding hydrogens is 350 g/mol. The van der Waals surface area contributed by atoms with E-state index in [1.54, 1.807) is 17.5 Å². The van der Waals surface area contributed by atoms with Crippen LogP contribution < -0.4 is 0 Å². The molecule has 0 aromatic carbocycles. The molecule has 0 fully saturated rings. The topological polar surface area (TPSA) is 41.3 Å². The summed E-state index contributed by atoms with van der Waals surface area (Å²) in [5, 5.41) is 16.9. The van der Waals surface area contributed by atoms with Crippen LogP contribution in [0.2, 0.25) is 0 Å². The predicted molar refractivity (Wildman–Crippen MR) is 90.7 cm³/mol. The van der Waals surface area contributed by atoms with Crippen LogP contribution in [-0.4, -0.2) is 40.4 Å². The highest BCUT2D eigenvalue weighted by molar-refractivity contribution is 9.10. The number of halogens is 1. The smallest absolute Gasteiger partial charge is 0.0968 e. The molecule has 0 saturated heterocycles. The zero-order chi connectivity index (χ0) is 15.2. The lowest BCUT2D eigenvalue weighted by molar-refractivity contribution is 0.152. The normalized spacial score (nSPS) is 13.0. The highest BCUT2D eigenvalue weighted by Crippen LogP contribution is 2.27. The number of likely N-dealkylation sites (N-methyl/N-ethyl adjacent to an activating group) is 1. The van der Waals surface area contributed by atoms with Crippen LogP contribution in [0, 0.1) is 0 Å². The number of aliphatic hydroxyl groups is 1. The summed E-state index contributed by atoms with van der Waals surface area (Å²) in [6, 6.07) is 4.22. The quantitative estimate of drug-likeness (QED) is 0.773. The summed E-state index contributed by atoms with van der Waals surface area (Å²) in [5.74, 6) is 0. The second-order valence-electron chi connectivity index (χ2n) is 5.39. The zero-order valence-corrected chi connectivity index (χ0v) is 14.9.